The van der Waals surface area contributed by atoms with Crippen molar-refractivity contribution in [3.63, 3.8) is 0 Å². The fourth-order valence-electron chi connectivity index (χ4n) is 2.73. The minimum absolute atomic E-state index is 0.818. The summed E-state index contributed by atoms with van der Waals surface area (Å²) in [4.78, 5) is 6.72. The summed E-state index contributed by atoms with van der Waals surface area (Å²) in [5.41, 5.74) is 2.86. The third-order valence-electron chi connectivity index (χ3n) is 3.47. The van der Waals surface area contributed by atoms with Crippen LogP contribution in [-0.2, 0) is 0 Å². The second-order valence-electron chi connectivity index (χ2n) is 4.58. The average Bonchev–Trinajstić information content (AvgIpc) is 2.55. The highest BCUT2D eigenvalue weighted by Crippen LogP contribution is 2.32. The first-order chi connectivity index (χ1) is 7.42. The average molecular weight is 200 g/mol. The van der Waals surface area contributed by atoms with Crippen LogP contribution in [0.2, 0.25) is 0 Å². The molecule has 2 aliphatic rings. The van der Waals surface area contributed by atoms with Gasteiger partial charge in [-0.2, -0.15) is 0 Å². The molecular formula is C13H16N2. The van der Waals surface area contributed by atoms with Gasteiger partial charge in [0.2, 0.25) is 0 Å². The highest BCUT2D eigenvalue weighted by molar-refractivity contribution is 5.53. The van der Waals surface area contributed by atoms with Gasteiger partial charge in [0.15, 0.2) is 0 Å². The maximum absolute atomic E-state index is 4.15. The summed E-state index contributed by atoms with van der Waals surface area (Å²) in [7, 11) is 0. The Kier molecular flexibility index (Phi) is 2.29. The van der Waals surface area contributed by atoms with Gasteiger partial charge in [-0.1, -0.05) is 17.7 Å². The molecule has 2 nitrogen and oxygen atoms in total. The lowest BCUT2D eigenvalue weighted by atomic mass is 9.95. The highest BCUT2D eigenvalue weighted by Gasteiger charge is 2.30. The van der Waals surface area contributed by atoms with Gasteiger partial charge in [0.1, 0.15) is 0 Å². The van der Waals surface area contributed by atoms with Crippen molar-refractivity contribution in [2.24, 2.45) is 5.92 Å². The molecule has 0 amide bonds. The van der Waals surface area contributed by atoms with Crippen LogP contribution in [0.25, 0.3) is 6.08 Å². The summed E-state index contributed by atoms with van der Waals surface area (Å²) < 4.78 is 0. The molecule has 2 heteroatoms. The van der Waals surface area contributed by atoms with E-state index in [0.717, 1.165) is 5.92 Å². The topological polar surface area (TPSA) is 16.1 Å². The van der Waals surface area contributed by atoms with Gasteiger partial charge >= 0.3 is 0 Å². The number of hydrogen-bond acceptors (Lipinski definition) is 2. The number of aromatic nitrogens is 1. The predicted octanol–water partition coefficient (Wildman–Crippen LogP) is 2.19. The van der Waals surface area contributed by atoms with Crippen molar-refractivity contribution in [1.29, 1.82) is 0 Å². The molecule has 3 rings (SSSR count). The van der Waals surface area contributed by atoms with Crippen molar-refractivity contribution in [2.75, 3.05) is 19.6 Å². The third-order valence-corrected chi connectivity index (χ3v) is 3.47. The molecule has 0 aromatic carbocycles. The lowest BCUT2D eigenvalue weighted by Gasteiger charge is -2.20. The van der Waals surface area contributed by atoms with E-state index in [1.807, 2.05) is 18.5 Å². The Morgan fingerprint density at radius 3 is 3.27 bits per heavy atom. The predicted molar refractivity (Wildman–Crippen MR) is 61.4 cm³/mol. The molecule has 2 saturated heterocycles. The van der Waals surface area contributed by atoms with Crippen LogP contribution in [0.15, 0.2) is 30.1 Å². The molecule has 0 N–H and O–H groups in total. The summed E-state index contributed by atoms with van der Waals surface area (Å²) in [6.45, 7) is 3.76. The molecule has 2 aliphatic heterocycles. The van der Waals surface area contributed by atoms with E-state index >= 15 is 0 Å². The van der Waals surface area contributed by atoms with Crippen molar-refractivity contribution in [3.05, 3.63) is 35.7 Å². The zero-order chi connectivity index (χ0) is 10.1. The molecule has 1 unspecified atom stereocenters. The van der Waals surface area contributed by atoms with Crippen LogP contribution in [0.5, 0.6) is 0 Å². The monoisotopic (exact) mass is 200 g/mol. The van der Waals surface area contributed by atoms with Gasteiger partial charge in [0, 0.05) is 25.5 Å². The van der Waals surface area contributed by atoms with Crippen LogP contribution in [0.3, 0.4) is 0 Å². The molecule has 0 spiro atoms. The smallest absolute Gasteiger partial charge is 0.0340 e. The highest BCUT2D eigenvalue weighted by atomic mass is 15.2. The van der Waals surface area contributed by atoms with Gasteiger partial charge in [0.05, 0.1) is 0 Å². The van der Waals surface area contributed by atoms with E-state index in [1.54, 1.807) is 5.57 Å². The zero-order valence-electron chi connectivity index (χ0n) is 8.89. The Morgan fingerprint density at radius 1 is 1.47 bits per heavy atom. The molecule has 3 heterocycles. The molecule has 1 aromatic heterocycles. The van der Waals surface area contributed by atoms with Crippen LogP contribution in [-0.4, -0.2) is 29.5 Å². The molecule has 2 bridgehead atoms. The maximum Gasteiger partial charge on any atom is 0.0340 e. The summed E-state index contributed by atoms with van der Waals surface area (Å²) in [6, 6.07) is 4.14. The minimum atomic E-state index is 0.818. The van der Waals surface area contributed by atoms with Crippen LogP contribution < -0.4 is 0 Å². The number of nitrogens with zero attached hydrogens (tertiary/aromatic N) is 2. The Labute approximate surface area is 90.6 Å². The Morgan fingerprint density at radius 2 is 2.47 bits per heavy atom. The summed E-state index contributed by atoms with van der Waals surface area (Å²) in [6.07, 6.45) is 8.86. The fraction of sp³-hybridized carbons (Fsp3) is 0.462. The first-order valence-corrected chi connectivity index (χ1v) is 5.75. The SMILES string of the molecule is C(=C1/CN2CCC[C@H]1C2)/c1cccnc1. The zero-order valence-corrected chi connectivity index (χ0v) is 8.89. The van der Waals surface area contributed by atoms with Crippen molar-refractivity contribution in [1.82, 2.24) is 9.88 Å². The van der Waals surface area contributed by atoms with Crippen molar-refractivity contribution < 1.29 is 0 Å². The quantitative estimate of drug-likeness (QED) is 0.691. The lowest BCUT2D eigenvalue weighted by Crippen LogP contribution is -2.25. The Hall–Kier alpha value is -1.15. The molecule has 0 saturated carbocycles. The Balaban J connectivity index is 1.85. The molecule has 0 aliphatic carbocycles. The standard InChI is InChI=1S/C13H16N2/c1-3-11(8-14-5-1)7-13-10-15-6-2-4-12(13)9-15/h1,3,5,7-8,12H,2,4,6,9-10H2/b13-7+/t12-/m0/s1. The van der Waals surface area contributed by atoms with Gasteiger partial charge in [-0.05, 0) is 36.9 Å². The van der Waals surface area contributed by atoms with Crippen molar-refractivity contribution in [3.8, 4) is 0 Å². The molecule has 78 valence electrons. The first-order valence-electron chi connectivity index (χ1n) is 5.75. The third kappa shape index (κ3) is 1.82. The molecular weight excluding hydrogens is 184 g/mol. The van der Waals surface area contributed by atoms with Gasteiger partial charge in [-0.3, -0.25) is 9.88 Å². The normalized spacial score (nSPS) is 32.1. The lowest BCUT2D eigenvalue weighted by molar-refractivity contribution is 0.270. The van der Waals surface area contributed by atoms with Crippen molar-refractivity contribution in [2.45, 2.75) is 12.8 Å². The van der Waals surface area contributed by atoms with Crippen LogP contribution >= 0.6 is 0 Å². The molecule has 1 aromatic rings. The van der Waals surface area contributed by atoms with Crippen LogP contribution in [0, 0.1) is 5.92 Å². The van der Waals surface area contributed by atoms with E-state index in [1.165, 1.54) is 38.0 Å². The van der Waals surface area contributed by atoms with E-state index in [9.17, 15) is 0 Å². The largest absolute Gasteiger partial charge is 0.299 e. The summed E-state index contributed by atoms with van der Waals surface area (Å²) in [5.74, 6) is 0.818. The molecule has 2 atom stereocenters. The number of pyridine rings is 1. The van der Waals surface area contributed by atoms with Gasteiger partial charge in [-0.25, -0.2) is 0 Å². The summed E-state index contributed by atoms with van der Waals surface area (Å²) in [5, 5.41) is 0. The minimum Gasteiger partial charge on any atom is -0.299 e. The molecule has 0 radical (unpaired) electrons. The number of piperidine rings is 1. The number of hydrogen-bond donors (Lipinski definition) is 0. The van der Waals surface area contributed by atoms with Crippen molar-refractivity contribution >= 4 is 6.08 Å². The van der Waals surface area contributed by atoms with E-state index in [-0.39, 0.29) is 0 Å². The van der Waals surface area contributed by atoms with Gasteiger partial charge in [-0.15, -0.1) is 0 Å². The van der Waals surface area contributed by atoms with Crippen LogP contribution in [0.4, 0.5) is 0 Å². The number of rotatable bonds is 1. The van der Waals surface area contributed by atoms with E-state index in [0.29, 0.717) is 0 Å². The molecule has 15 heavy (non-hydrogen) atoms. The second kappa shape index (κ2) is 3.78. The van der Waals surface area contributed by atoms with Gasteiger partial charge in [0.25, 0.3) is 0 Å². The second-order valence-corrected chi connectivity index (χ2v) is 4.58. The fourth-order valence-corrected chi connectivity index (χ4v) is 2.73. The van der Waals surface area contributed by atoms with E-state index < -0.39 is 0 Å². The first kappa shape index (κ1) is 9.10. The van der Waals surface area contributed by atoms with E-state index in [4.69, 9.17) is 0 Å². The molecule has 2 fully saturated rings. The van der Waals surface area contributed by atoms with Gasteiger partial charge < -0.3 is 0 Å². The Bertz CT molecular complexity index is 369. The number of fused-ring (bicyclic) bond motifs is 2. The summed E-state index contributed by atoms with van der Waals surface area (Å²) >= 11 is 0. The van der Waals surface area contributed by atoms with E-state index in [2.05, 4.69) is 22.0 Å². The van der Waals surface area contributed by atoms with Crippen LogP contribution in [0.1, 0.15) is 18.4 Å². The maximum atomic E-state index is 4.15.